The minimum Gasteiger partial charge on any atom is -0.483 e. The Bertz CT molecular complexity index is 767. The van der Waals surface area contributed by atoms with Crippen molar-refractivity contribution in [2.24, 2.45) is 0 Å². The average Bonchev–Trinajstić information content (AvgIpc) is 2.48. The molecule has 0 unspecified atom stereocenters. The molecule has 0 aromatic heterocycles. The lowest BCUT2D eigenvalue weighted by molar-refractivity contribution is -0.384. The summed E-state index contributed by atoms with van der Waals surface area (Å²) in [4.78, 5) is 22.3. The van der Waals surface area contributed by atoms with Gasteiger partial charge in [0.1, 0.15) is 17.3 Å². The highest BCUT2D eigenvalue weighted by Crippen LogP contribution is 2.27. The predicted octanol–water partition coefficient (Wildman–Crippen LogP) is 3.82. The van der Waals surface area contributed by atoms with Gasteiger partial charge in [0, 0.05) is 6.07 Å². The van der Waals surface area contributed by atoms with Crippen LogP contribution in [0.15, 0.2) is 40.9 Å². The molecule has 2 aromatic rings. The smallest absolute Gasteiger partial charge is 0.293 e. The SMILES string of the molecule is Cc1ccc(NC(=O)COc2ccc(F)cc2Br)c([N+](=O)[O-])c1. The molecule has 1 amide bonds. The number of anilines is 1. The van der Waals surface area contributed by atoms with Crippen molar-refractivity contribution in [1.29, 1.82) is 0 Å². The second-order valence-corrected chi connectivity index (χ2v) is 5.54. The number of carbonyl (C=O) groups is 1. The highest BCUT2D eigenvalue weighted by Gasteiger charge is 2.16. The summed E-state index contributed by atoms with van der Waals surface area (Å²) >= 11 is 3.12. The highest BCUT2D eigenvalue weighted by atomic mass is 79.9. The Hall–Kier alpha value is -2.48. The molecule has 2 aromatic carbocycles. The Morgan fingerprint density at radius 2 is 2.09 bits per heavy atom. The number of amides is 1. The van der Waals surface area contributed by atoms with Gasteiger partial charge in [0.25, 0.3) is 11.6 Å². The maximum atomic E-state index is 13.0. The van der Waals surface area contributed by atoms with E-state index in [1.54, 1.807) is 13.0 Å². The summed E-state index contributed by atoms with van der Waals surface area (Å²) in [6.45, 7) is 1.35. The Kier molecular flexibility index (Phi) is 5.28. The number of nitro benzene ring substituents is 1. The van der Waals surface area contributed by atoms with E-state index < -0.39 is 16.6 Å². The molecule has 2 rings (SSSR count). The fraction of sp³-hybridized carbons (Fsp3) is 0.133. The first kappa shape index (κ1) is 16.9. The van der Waals surface area contributed by atoms with Gasteiger partial charge in [0.2, 0.25) is 0 Å². The molecular formula is C15H12BrFN2O4. The largest absolute Gasteiger partial charge is 0.483 e. The molecule has 0 atom stereocenters. The summed E-state index contributed by atoms with van der Waals surface area (Å²) in [6, 6.07) is 8.26. The van der Waals surface area contributed by atoms with E-state index in [9.17, 15) is 19.3 Å². The van der Waals surface area contributed by atoms with Crippen molar-refractivity contribution in [3.8, 4) is 5.75 Å². The number of aryl methyl sites for hydroxylation is 1. The molecule has 0 bridgehead atoms. The molecular weight excluding hydrogens is 371 g/mol. The van der Waals surface area contributed by atoms with Crippen molar-refractivity contribution < 1.29 is 18.8 Å². The Labute approximate surface area is 139 Å². The third kappa shape index (κ3) is 4.49. The van der Waals surface area contributed by atoms with Gasteiger partial charge in [-0.05, 0) is 52.7 Å². The lowest BCUT2D eigenvalue weighted by Gasteiger charge is -2.09. The van der Waals surface area contributed by atoms with E-state index in [1.165, 1.54) is 30.3 Å². The maximum Gasteiger partial charge on any atom is 0.293 e. The number of halogens is 2. The quantitative estimate of drug-likeness (QED) is 0.629. The number of nitrogens with one attached hydrogen (secondary N) is 1. The molecule has 1 N–H and O–H groups in total. The molecule has 23 heavy (non-hydrogen) atoms. The van der Waals surface area contributed by atoms with Crippen molar-refractivity contribution >= 4 is 33.2 Å². The second-order valence-electron chi connectivity index (χ2n) is 4.69. The molecule has 0 heterocycles. The lowest BCUT2D eigenvalue weighted by atomic mass is 10.2. The monoisotopic (exact) mass is 382 g/mol. The Balaban J connectivity index is 2.04. The van der Waals surface area contributed by atoms with Gasteiger partial charge >= 0.3 is 0 Å². The van der Waals surface area contributed by atoms with Crippen LogP contribution in [-0.2, 0) is 4.79 Å². The first-order chi connectivity index (χ1) is 10.9. The molecule has 120 valence electrons. The molecule has 0 spiro atoms. The van der Waals surface area contributed by atoms with Gasteiger partial charge in [0.05, 0.1) is 9.40 Å². The van der Waals surface area contributed by atoms with Crippen LogP contribution in [-0.4, -0.2) is 17.4 Å². The van der Waals surface area contributed by atoms with Crippen molar-refractivity contribution in [2.45, 2.75) is 6.92 Å². The van der Waals surface area contributed by atoms with Gasteiger partial charge in [-0.1, -0.05) is 6.07 Å². The Morgan fingerprint density at radius 1 is 1.35 bits per heavy atom. The fourth-order valence-electron chi connectivity index (χ4n) is 1.82. The van der Waals surface area contributed by atoms with Gasteiger partial charge in [-0.3, -0.25) is 14.9 Å². The van der Waals surface area contributed by atoms with Gasteiger partial charge in [0.15, 0.2) is 6.61 Å². The van der Waals surface area contributed by atoms with Gasteiger partial charge in [-0.25, -0.2) is 4.39 Å². The molecule has 0 fully saturated rings. The zero-order valence-electron chi connectivity index (χ0n) is 12.0. The zero-order valence-corrected chi connectivity index (χ0v) is 13.6. The lowest BCUT2D eigenvalue weighted by Crippen LogP contribution is -2.20. The normalized spacial score (nSPS) is 10.2. The van der Waals surface area contributed by atoms with Crippen LogP contribution in [0.5, 0.6) is 5.75 Å². The molecule has 0 saturated carbocycles. The summed E-state index contributed by atoms with van der Waals surface area (Å²) in [5.74, 6) is -0.711. The molecule has 0 aliphatic heterocycles. The van der Waals surface area contributed by atoms with E-state index in [2.05, 4.69) is 21.2 Å². The van der Waals surface area contributed by atoms with E-state index in [0.29, 0.717) is 15.8 Å². The number of nitrogens with zero attached hydrogens (tertiary/aromatic N) is 1. The van der Waals surface area contributed by atoms with Gasteiger partial charge in [-0.2, -0.15) is 0 Å². The number of hydrogen-bond acceptors (Lipinski definition) is 4. The number of hydrogen-bond donors (Lipinski definition) is 1. The third-order valence-electron chi connectivity index (χ3n) is 2.88. The summed E-state index contributed by atoms with van der Waals surface area (Å²) in [5, 5.41) is 13.4. The average molecular weight is 383 g/mol. The van der Waals surface area contributed by atoms with Crippen LogP contribution in [0.2, 0.25) is 0 Å². The number of carbonyl (C=O) groups excluding carboxylic acids is 1. The standard InChI is InChI=1S/C15H12BrFN2O4/c1-9-2-4-12(13(6-9)19(21)22)18-15(20)8-23-14-5-3-10(17)7-11(14)16/h2-7H,8H2,1H3,(H,18,20). The highest BCUT2D eigenvalue weighted by molar-refractivity contribution is 9.10. The van der Waals surface area contributed by atoms with E-state index in [-0.39, 0.29) is 18.0 Å². The van der Waals surface area contributed by atoms with E-state index in [1.807, 2.05) is 0 Å². The topological polar surface area (TPSA) is 81.5 Å². The van der Waals surface area contributed by atoms with Crippen LogP contribution in [0.25, 0.3) is 0 Å². The van der Waals surface area contributed by atoms with Crippen molar-refractivity contribution in [3.63, 3.8) is 0 Å². The first-order valence-electron chi connectivity index (χ1n) is 6.49. The van der Waals surface area contributed by atoms with E-state index >= 15 is 0 Å². The van der Waals surface area contributed by atoms with Crippen LogP contribution in [0, 0.1) is 22.9 Å². The van der Waals surface area contributed by atoms with Gasteiger partial charge < -0.3 is 10.1 Å². The molecule has 0 radical (unpaired) electrons. The summed E-state index contributed by atoms with van der Waals surface area (Å²) in [5.41, 5.74) is 0.606. The van der Waals surface area contributed by atoms with Crippen LogP contribution in [0.1, 0.15) is 5.56 Å². The first-order valence-corrected chi connectivity index (χ1v) is 7.29. The second kappa shape index (κ2) is 7.19. The minimum absolute atomic E-state index is 0.0902. The van der Waals surface area contributed by atoms with Crippen LogP contribution < -0.4 is 10.1 Å². The van der Waals surface area contributed by atoms with E-state index in [4.69, 9.17) is 4.74 Å². The van der Waals surface area contributed by atoms with Crippen molar-refractivity contribution in [1.82, 2.24) is 0 Å². The third-order valence-corrected chi connectivity index (χ3v) is 3.50. The van der Waals surface area contributed by atoms with Gasteiger partial charge in [-0.15, -0.1) is 0 Å². The molecule has 0 aliphatic rings. The number of nitro groups is 1. The summed E-state index contributed by atoms with van der Waals surface area (Å²) in [7, 11) is 0. The van der Waals surface area contributed by atoms with Crippen molar-refractivity contribution in [2.75, 3.05) is 11.9 Å². The van der Waals surface area contributed by atoms with Crippen LogP contribution in [0.4, 0.5) is 15.8 Å². The van der Waals surface area contributed by atoms with Crippen molar-refractivity contribution in [3.05, 3.63) is 62.4 Å². The molecule has 6 nitrogen and oxygen atoms in total. The Morgan fingerprint density at radius 3 is 2.74 bits per heavy atom. The summed E-state index contributed by atoms with van der Waals surface area (Å²) in [6.07, 6.45) is 0. The zero-order chi connectivity index (χ0) is 17.0. The maximum absolute atomic E-state index is 13.0. The van der Waals surface area contributed by atoms with Crippen LogP contribution in [0.3, 0.4) is 0 Å². The van der Waals surface area contributed by atoms with Crippen LogP contribution >= 0.6 is 15.9 Å². The summed E-state index contributed by atoms with van der Waals surface area (Å²) < 4.78 is 18.6. The number of rotatable bonds is 5. The fourth-order valence-corrected chi connectivity index (χ4v) is 2.29. The molecule has 0 saturated heterocycles. The predicted molar refractivity (Wildman–Crippen MR) is 86.1 cm³/mol. The van der Waals surface area contributed by atoms with E-state index in [0.717, 1.165) is 0 Å². The number of ether oxygens (including phenoxy) is 1. The molecule has 8 heteroatoms. The molecule has 0 aliphatic carbocycles. The minimum atomic E-state index is -0.569. The number of benzene rings is 2.